The highest BCUT2D eigenvalue weighted by molar-refractivity contribution is 5.79. The van der Waals surface area contributed by atoms with Gasteiger partial charge in [0.2, 0.25) is 0 Å². The summed E-state index contributed by atoms with van der Waals surface area (Å²) in [5.41, 5.74) is 10.4. The first-order chi connectivity index (χ1) is 10.9. The summed E-state index contributed by atoms with van der Waals surface area (Å²) in [6, 6.07) is -1.01. The van der Waals surface area contributed by atoms with Crippen LogP contribution in [0.3, 0.4) is 0 Å². The summed E-state index contributed by atoms with van der Waals surface area (Å²) in [7, 11) is 0. The van der Waals surface area contributed by atoms with Gasteiger partial charge in [0.25, 0.3) is 0 Å². The van der Waals surface area contributed by atoms with E-state index in [0.29, 0.717) is 25.5 Å². The van der Waals surface area contributed by atoms with Crippen molar-refractivity contribution in [2.24, 2.45) is 22.4 Å². The molecule has 8 heteroatoms. The number of nitrogens with two attached hydrogens (primary N) is 2. The first-order valence-corrected chi connectivity index (χ1v) is 8.12. The number of hydrogen-bond donors (Lipinski definition) is 4. The third kappa shape index (κ3) is 11.3. The molecular weight excluding hydrogens is 300 g/mol. The predicted octanol–water partition coefficient (Wildman–Crippen LogP) is 1.44. The van der Waals surface area contributed by atoms with Crippen molar-refractivity contribution < 1.29 is 19.4 Å². The van der Waals surface area contributed by atoms with Crippen molar-refractivity contribution in [2.45, 2.75) is 58.4 Å². The molecule has 8 nitrogen and oxygen atoms in total. The summed E-state index contributed by atoms with van der Waals surface area (Å²) in [5, 5.41) is 11.5. The molecule has 0 radical (unpaired) electrons. The Balaban J connectivity index is 4.18. The van der Waals surface area contributed by atoms with Crippen LogP contribution in [0.5, 0.6) is 0 Å². The zero-order valence-corrected chi connectivity index (χ0v) is 14.1. The smallest absolute Gasteiger partial charge is 0.407 e. The number of carboxylic acid groups (broad SMARTS) is 1. The van der Waals surface area contributed by atoms with Gasteiger partial charge in [-0.3, -0.25) is 4.99 Å². The van der Waals surface area contributed by atoms with Gasteiger partial charge in [-0.25, -0.2) is 9.59 Å². The average molecular weight is 330 g/mol. The maximum Gasteiger partial charge on any atom is 0.407 e. The zero-order valence-electron chi connectivity index (χ0n) is 14.1. The number of aliphatic imine (C=N–C) groups is 1. The standard InChI is InChI=1S/C15H30N4O4/c1-3-5-7-11(4-2)10-23-15(22)19-12(13(20)21)8-6-9-18-14(16)17/h11-12H,3-10H2,1-2H3,(H,19,22)(H,20,21)(H4,16,17,18)/t11?,12-/m0/s1. The monoisotopic (exact) mass is 330 g/mol. The van der Waals surface area contributed by atoms with E-state index in [2.05, 4.69) is 17.2 Å². The minimum absolute atomic E-state index is 0.0399. The fourth-order valence-corrected chi connectivity index (χ4v) is 2.04. The van der Waals surface area contributed by atoms with Crippen LogP contribution in [0, 0.1) is 5.92 Å². The summed E-state index contributed by atoms with van der Waals surface area (Å²) in [4.78, 5) is 26.6. The third-order valence-corrected chi connectivity index (χ3v) is 3.53. The summed E-state index contributed by atoms with van der Waals surface area (Å²) >= 11 is 0. The van der Waals surface area contributed by atoms with E-state index in [1.807, 2.05) is 6.92 Å². The van der Waals surface area contributed by atoms with E-state index in [9.17, 15) is 9.59 Å². The Labute approximate surface area is 137 Å². The Morgan fingerprint density at radius 1 is 1.22 bits per heavy atom. The minimum atomic E-state index is -1.11. The van der Waals surface area contributed by atoms with Crippen molar-refractivity contribution in [3.63, 3.8) is 0 Å². The zero-order chi connectivity index (χ0) is 17.7. The summed E-state index contributed by atoms with van der Waals surface area (Å²) in [5.74, 6) is -0.836. The van der Waals surface area contributed by atoms with E-state index in [-0.39, 0.29) is 12.4 Å². The van der Waals surface area contributed by atoms with Crippen LogP contribution in [0.1, 0.15) is 52.4 Å². The number of ether oxygens (including phenoxy) is 1. The van der Waals surface area contributed by atoms with Gasteiger partial charge < -0.3 is 26.6 Å². The largest absolute Gasteiger partial charge is 0.480 e. The van der Waals surface area contributed by atoms with Crippen LogP contribution in [-0.2, 0) is 9.53 Å². The van der Waals surface area contributed by atoms with E-state index in [1.54, 1.807) is 0 Å². The number of guanidine groups is 1. The molecular formula is C15H30N4O4. The molecule has 6 N–H and O–H groups in total. The average Bonchev–Trinajstić information content (AvgIpc) is 2.50. The van der Waals surface area contributed by atoms with Crippen molar-refractivity contribution in [3.8, 4) is 0 Å². The molecule has 0 aromatic carbocycles. The normalized spacial score (nSPS) is 13.0. The van der Waals surface area contributed by atoms with Crippen LogP contribution in [0.25, 0.3) is 0 Å². The Morgan fingerprint density at radius 2 is 1.91 bits per heavy atom. The maximum absolute atomic E-state index is 11.7. The number of hydrogen-bond acceptors (Lipinski definition) is 4. The van der Waals surface area contributed by atoms with Crippen molar-refractivity contribution >= 4 is 18.0 Å². The Hall–Kier alpha value is -1.99. The Morgan fingerprint density at radius 3 is 2.43 bits per heavy atom. The lowest BCUT2D eigenvalue weighted by atomic mass is 10.0. The number of rotatable bonds is 12. The second-order valence-electron chi connectivity index (χ2n) is 5.50. The van der Waals surface area contributed by atoms with Gasteiger partial charge in [0.15, 0.2) is 5.96 Å². The summed E-state index contributed by atoms with van der Waals surface area (Å²) < 4.78 is 5.14. The number of carbonyl (C=O) groups is 2. The van der Waals surface area contributed by atoms with Gasteiger partial charge in [0, 0.05) is 6.54 Å². The second kappa shape index (κ2) is 12.5. The van der Waals surface area contributed by atoms with Crippen LogP contribution >= 0.6 is 0 Å². The number of carbonyl (C=O) groups excluding carboxylic acids is 1. The van der Waals surface area contributed by atoms with Crippen molar-refractivity contribution in [1.29, 1.82) is 0 Å². The highest BCUT2D eigenvalue weighted by atomic mass is 16.5. The molecule has 0 aliphatic carbocycles. The number of unbranched alkanes of at least 4 members (excludes halogenated alkanes) is 1. The molecule has 1 amide bonds. The van der Waals surface area contributed by atoms with Crippen LogP contribution in [0.4, 0.5) is 4.79 Å². The Bertz CT molecular complexity index is 384. The van der Waals surface area contributed by atoms with Crippen LogP contribution in [0.15, 0.2) is 4.99 Å². The number of nitrogens with zero attached hydrogens (tertiary/aromatic N) is 1. The molecule has 23 heavy (non-hydrogen) atoms. The van der Waals surface area contributed by atoms with Gasteiger partial charge in [-0.05, 0) is 25.2 Å². The van der Waals surface area contributed by atoms with E-state index in [4.69, 9.17) is 21.3 Å². The molecule has 0 aliphatic heterocycles. The lowest BCUT2D eigenvalue weighted by Gasteiger charge is -2.17. The quantitative estimate of drug-likeness (QED) is 0.242. The fourth-order valence-electron chi connectivity index (χ4n) is 2.04. The molecule has 0 saturated heterocycles. The van der Waals surface area contributed by atoms with Crippen LogP contribution < -0.4 is 16.8 Å². The number of alkyl carbamates (subject to hydrolysis) is 1. The molecule has 0 heterocycles. The van der Waals surface area contributed by atoms with E-state index < -0.39 is 18.1 Å². The van der Waals surface area contributed by atoms with Crippen LogP contribution in [-0.4, -0.2) is 42.3 Å². The van der Waals surface area contributed by atoms with E-state index >= 15 is 0 Å². The molecule has 134 valence electrons. The number of amides is 1. The van der Waals surface area contributed by atoms with Crippen LogP contribution in [0.2, 0.25) is 0 Å². The second-order valence-corrected chi connectivity index (χ2v) is 5.50. The van der Waals surface area contributed by atoms with E-state index in [0.717, 1.165) is 25.7 Å². The lowest BCUT2D eigenvalue weighted by molar-refractivity contribution is -0.139. The highest BCUT2D eigenvalue weighted by Gasteiger charge is 2.20. The molecule has 0 spiro atoms. The topological polar surface area (TPSA) is 140 Å². The molecule has 1 unspecified atom stereocenters. The Kier molecular flexibility index (Phi) is 11.5. The van der Waals surface area contributed by atoms with Gasteiger partial charge >= 0.3 is 12.1 Å². The maximum atomic E-state index is 11.7. The SMILES string of the molecule is CCCCC(CC)COC(=O)N[C@@H](CCCN=C(N)N)C(=O)O. The van der Waals surface area contributed by atoms with Crippen molar-refractivity contribution in [1.82, 2.24) is 5.32 Å². The first-order valence-electron chi connectivity index (χ1n) is 8.12. The highest BCUT2D eigenvalue weighted by Crippen LogP contribution is 2.13. The molecule has 0 bridgehead atoms. The van der Waals surface area contributed by atoms with Gasteiger partial charge in [-0.1, -0.05) is 33.1 Å². The molecule has 0 aliphatic rings. The molecule has 0 saturated carbocycles. The first kappa shape index (κ1) is 21.0. The third-order valence-electron chi connectivity index (χ3n) is 3.53. The lowest BCUT2D eigenvalue weighted by Crippen LogP contribution is -2.41. The van der Waals surface area contributed by atoms with Crippen molar-refractivity contribution in [2.75, 3.05) is 13.2 Å². The van der Waals surface area contributed by atoms with E-state index in [1.165, 1.54) is 0 Å². The predicted molar refractivity (Wildman–Crippen MR) is 89.1 cm³/mol. The van der Waals surface area contributed by atoms with Gasteiger partial charge in [0.1, 0.15) is 6.04 Å². The molecule has 2 atom stereocenters. The molecule has 0 fully saturated rings. The summed E-state index contributed by atoms with van der Waals surface area (Å²) in [6.07, 6.45) is 4.09. The van der Waals surface area contributed by atoms with Gasteiger partial charge in [-0.2, -0.15) is 0 Å². The minimum Gasteiger partial charge on any atom is -0.480 e. The van der Waals surface area contributed by atoms with Crippen molar-refractivity contribution in [3.05, 3.63) is 0 Å². The molecule has 0 aromatic heterocycles. The van der Waals surface area contributed by atoms with Gasteiger partial charge in [0.05, 0.1) is 6.61 Å². The fraction of sp³-hybridized carbons (Fsp3) is 0.800. The molecule has 0 aromatic rings. The summed E-state index contributed by atoms with van der Waals surface area (Å²) in [6.45, 7) is 4.78. The number of nitrogens with one attached hydrogen (secondary N) is 1. The number of carboxylic acids is 1. The number of aliphatic carboxylic acids is 1. The molecule has 0 rings (SSSR count). The van der Waals surface area contributed by atoms with Gasteiger partial charge in [-0.15, -0.1) is 0 Å².